The van der Waals surface area contributed by atoms with E-state index in [0.717, 1.165) is 45.7 Å². The lowest BCUT2D eigenvalue weighted by molar-refractivity contribution is 0.289. The van der Waals surface area contributed by atoms with Crippen molar-refractivity contribution in [1.82, 2.24) is 15.5 Å². The summed E-state index contributed by atoms with van der Waals surface area (Å²) in [7, 11) is 2.15. The van der Waals surface area contributed by atoms with Crippen LogP contribution < -0.4 is 10.6 Å². The second-order valence-electron chi connectivity index (χ2n) is 3.14. The highest BCUT2D eigenvalue weighted by molar-refractivity contribution is 6.08. The summed E-state index contributed by atoms with van der Waals surface area (Å²) in [5.74, 6) is 0. The van der Waals surface area contributed by atoms with Gasteiger partial charge >= 0.3 is 0 Å². The molecule has 0 aromatic carbocycles. The molecule has 4 heteroatoms. The Morgan fingerprint density at radius 3 is 2.15 bits per heavy atom. The number of rotatable bonds is 9. The highest BCUT2D eigenvalue weighted by Gasteiger charge is 1.99. The van der Waals surface area contributed by atoms with E-state index in [-0.39, 0.29) is 0 Å². The van der Waals surface area contributed by atoms with Gasteiger partial charge in [-0.15, -0.1) is 0 Å². The first-order valence-corrected chi connectivity index (χ1v) is 5.48. The van der Waals surface area contributed by atoms with E-state index in [1.807, 2.05) is 0 Å². The third-order valence-corrected chi connectivity index (χ3v) is 2.16. The van der Waals surface area contributed by atoms with Gasteiger partial charge in [0.05, 0.1) is 0 Å². The third-order valence-electron chi connectivity index (χ3n) is 2.16. The molecule has 78 valence electrons. The van der Waals surface area contributed by atoms with Gasteiger partial charge < -0.3 is 15.5 Å². The minimum Gasteiger partial charge on any atom is -0.323 e. The fourth-order valence-electron chi connectivity index (χ4n) is 1.26. The van der Waals surface area contributed by atoms with Crippen LogP contribution in [0.15, 0.2) is 0 Å². The molecule has 0 saturated heterocycles. The van der Waals surface area contributed by atoms with E-state index >= 15 is 0 Å². The van der Waals surface area contributed by atoms with Gasteiger partial charge in [0.2, 0.25) is 0 Å². The van der Waals surface area contributed by atoms with Crippen molar-refractivity contribution in [3.8, 4) is 0 Å². The molecule has 0 heterocycles. The van der Waals surface area contributed by atoms with Crippen molar-refractivity contribution in [3.05, 3.63) is 0 Å². The minimum atomic E-state index is 1.07. The van der Waals surface area contributed by atoms with Gasteiger partial charge in [0.25, 0.3) is 0 Å². The Bertz CT molecular complexity index is 90.9. The van der Waals surface area contributed by atoms with Crippen LogP contribution in [0.25, 0.3) is 0 Å². The van der Waals surface area contributed by atoms with Gasteiger partial charge in [-0.05, 0) is 19.5 Å². The molecule has 0 saturated carbocycles. The molecule has 2 N–H and O–H groups in total. The fourth-order valence-corrected chi connectivity index (χ4v) is 1.26. The highest BCUT2D eigenvalue weighted by atomic mass is 15.1. The monoisotopic (exact) mass is 185 g/mol. The van der Waals surface area contributed by atoms with Crippen molar-refractivity contribution in [2.75, 3.05) is 45.7 Å². The first-order chi connectivity index (χ1) is 6.35. The summed E-state index contributed by atoms with van der Waals surface area (Å²) < 4.78 is 0. The summed E-state index contributed by atoms with van der Waals surface area (Å²) in [6.07, 6.45) is 1.07. The zero-order valence-corrected chi connectivity index (χ0v) is 9.40. The highest BCUT2D eigenvalue weighted by Crippen LogP contribution is 1.84. The number of hydrogen-bond donors (Lipinski definition) is 2. The minimum absolute atomic E-state index is 1.07. The Balaban J connectivity index is 3.28. The zero-order chi connectivity index (χ0) is 9.94. The largest absolute Gasteiger partial charge is 0.323 e. The third kappa shape index (κ3) is 8.28. The van der Waals surface area contributed by atoms with E-state index in [9.17, 15) is 0 Å². The summed E-state index contributed by atoms with van der Waals surface area (Å²) >= 11 is 0. The lowest BCUT2D eigenvalue weighted by Crippen LogP contribution is -2.37. The van der Waals surface area contributed by atoms with Gasteiger partial charge in [0, 0.05) is 26.2 Å². The molecule has 0 spiro atoms. The van der Waals surface area contributed by atoms with Crippen LogP contribution in [0.2, 0.25) is 0 Å². The zero-order valence-electron chi connectivity index (χ0n) is 9.40. The van der Waals surface area contributed by atoms with Crippen molar-refractivity contribution >= 4 is 7.85 Å². The predicted molar refractivity (Wildman–Crippen MR) is 62.1 cm³/mol. The first-order valence-electron chi connectivity index (χ1n) is 5.48. The summed E-state index contributed by atoms with van der Waals surface area (Å²) in [4.78, 5) is 2.46. The van der Waals surface area contributed by atoms with Gasteiger partial charge in [-0.3, -0.25) is 0 Å². The molecular weight excluding hydrogens is 161 g/mol. The average molecular weight is 185 g/mol. The van der Waals surface area contributed by atoms with Crippen LogP contribution >= 0.6 is 0 Å². The van der Waals surface area contributed by atoms with E-state index in [2.05, 4.69) is 37.2 Å². The molecule has 0 atom stereocenters. The van der Waals surface area contributed by atoms with E-state index in [0.29, 0.717) is 0 Å². The standard InChI is InChI=1S/C9H24BN3/c1-3-11-5-7-13(4-2)8-6-12-9-10/h11-12H,3-10H2,1-2H3. The first kappa shape index (κ1) is 12.9. The summed E-state index contributed by atoms with van der Waals surface area (Å²) in [6, 6.07) is 0. The maximum absolute atomic E-state index is 3.34. The maximum atomic E-state index is 3.34. The molecule has 13 heavy (non-hydrogen) atoms. The number of nitrogens with one attached hydrogen (secondary N) is 2. The molecule has 0 amide bonds. The van der Waals surface area contributed by atoms with Gasteiger partial charge in [-0.2, -0.15) is 0 Å². The molecular formula is C9H24BN3. The van der Waals surface area contributed by atoms with E-state index < -0.39 is 0 Å². The van der Waals surface area contributed by atoms with Crippen LogP contribution in [0.5, 0.6) is 0 Å². The SMILES string of the molecule is BCNCCN(CC)CCNCC. The predicted octanol–water partition coefficient (Wildman–Crippen LogP) is -0.902. The van der Waals surface area contributed by atoms with E-state index in [4.69, 9.17) is 0 Å². The molecule has 0 rings (SSSR count). The number of nitrogens with zero attached hydrogens (tertiary/aromatic N) is 1. The van der Waals surface area contributed by atoms with Crippen LogP contribution in [0.3, 0.4) is 0 Å². The summed E-state index contributed by atoms with van der Waals surface area (Å²) in [5, 5.41) is 6.68. The Kier molecular flexibility index (Phi) is 9.99. The van der Waals surface area contributed by atoms with Crippen LogP contribution in [-0.4, -0.2) is 58.5 Å². The molecule has 0 bridgehead atoms. The Morgan fingerprint density at radius 2 is 1.69 bits per heavy atom. The van der Waals surface area contributed by atoms with Gasteiger partial charge in [-0.1, -0.05) is 13.8 Å². The van der Waals surface area contributed by atoms with Crippen molar-refractivity contribution < 1.29 is 0 Å². The smallest absolute Gasteiger partial charge is 0.119 e. The number of likely N-dealkylation sites (N-methyl/N-ethyl adjacent to an activating group) is 2. The van der Waals surface area contributed by atoms with E-state index in [1.165, 1.54) is 0 Å². The molecule has 3 nitrogen and oxygen atoms in total. The Morgan fingerprint density at radius 1 is 1.08 bits per heavy atom. The van der Waals surface area contributed by atoms with Crippen molar-refractivity contribution in [2.45, 2.75) is 13.8 Å². The molecule has 0 aliphatic heterocycles. The van der Waals surface area contributed by atoms with Crippen molar-refractivity contribution in [3.63, 3.8) is 0 Å². The topological polar surface area (TPSA) is 27.3 Å². The number of hydrogen-bond acceptors (Lipinski definition) is 3. The lowest BCUT2D eigenvalue weighted by Gasteiger charge is -2.20. The van der Waals surface area contributed by atoms with Crippen molar-refractivity contribution in [2.24, 2.45) is 0 Å². The summed E-state index contributed by atoms with van der Waals surface area (Å²) in [5.41, 5.74) is 0. The second-order valence-corrected chi connectivity index (χ2v) is 3.14. The van der Waals surface area contributed by atoms with E-state index in [1.54, 1.807) is 0 Å². The van der Waals surface area contributed by atoms with Crippen LogP contribution in [0.4, 0.5) is 0 Å². The molecule has 0 radical (unpaired) electrons. The average Bonchev–Trinajstić information content (AvgIpc) is 2.16. The fraction of sp³-hybridized carbons (Fsp3) is 1.00. The Hall–Kier alpha value is -0.0551. The molecule has 0 aromatic rings. The molecule has 0 unspecified atom stereocenters. The normalized spacial score (nSPS) is 11.0. The van der Waals surface area contributed by atoms with Gasteiger partial charge in [0.1, 0.15) is 7.85 Å². The van der Waals surface area contributed by atoms with Crippen molar-refractivity contribution in [1.29, 1.82) is 0 Å². The Labute approximate surface area is 83.7 Å². The molecule has 0 aromatic heterocycles. The van der Waals surface area contributed by atoms with Gasteiger partial charge in [-0.25, -0.2) is 0 Å². The van der Waals surface area contributed by atoms with Crippen LogP contribution in [0.1, 0.15) is 13.8 Å². The molecule has 0 aliphatic carbocycles. The van der Waals surface area contributed by atoms with Gasteiger partial charge in [0.15, 0.2) is 0 Å². The maximum Gasteiger partial charge on any atom is 0.119 e. The molecule has 0 fully saturated rings. The molecule has 0 aliphatic rings. The lowest BCUT2D eigenvalue weighted by atomic mass is 10.2. The summed E-state index contributed by atoms with van der Waals surface area (Å²) in [6.45, 7) is 11.1. The second kappa shape index (κ2) is 10.0. The quantitative estimate of drug-likeness (QED) is 0.360. The van der Waals surface area contributed by atoms with Crippen LogP contribution in [-0.2, 0) is 0 Å². The van der Waals surface area contributed by atoms with Crippen LogP contribution in [0, 0.1) is 0 Å².